The van der Waals surface area contributed by atoms with Gasteiger partial charge in [-0.25, -0.2) is 8.78 Å². The third-order valence-corrected chi connectivity index (χ3v) is 3.20. The van der Waals surface area contributed by atoms with E-state index in [9.17, 15) is 13.6 Å². The Labute approximate surface area is 117 Å². The van der Waals surface area contributed by atoms with Crippen molar-refractivity contribution in [2.45, 2.75) is 19.9 Å². The molecule has 0 aliphatic rings. The van der Waals surface area contributed by atoms with Crippen LogP contribution in [0.1, 0.15) is 24.1 Å². The predicted octanol–water partition coefficient (Wildman–Crippen LogP) is 2.37. The van der Waals surface area contributed by atoms with E-state index in [4.69, 9.17) is 9.84 Å². The minimum absolute atomic E-state index is 0.144. The molecule has 0 spiro atoms. The summed E-state index contributed by atoms with van der Waals surface area (Å²) in [4.78, 5) is 12.4. The summed E-state index contributed by atoms with van der Waals surface area (Å²) in [6.45, 7) is 3.49. The van der Waals surface area contributed by atoms with Crippen LogP contribution < -0.4 is 0 Å². The molecule has 0 fully saturated rings. The van der Waals surface area contributed by atoms with Crippen LogP contribution in [0.4, 0.5) is 8.78 Å². The molecule has 1 atom stereocenters. The van der Waals surface area contributed by atoms with Crippen LogP contribution in [-0.2, 0) is 9.53 Å². The highest BCUT2D eigenvalue weighted by atomic mass is 19.1. The van der Waals surface area contributed by atoms with E-state index in [0.29, 0.717) is 13.2 Å². The van der Waals surface area contributed by atoms with Crippen LogP contribution in [0.2, 0.25) is 0 Å². The minimum Gasteiger partial charge on any atom is -0.480 e. The summed E-state index contributed by atoms with van der Waals surface area (Å²) >= 11 is 0. The largest absolute Gasteiger partial charge is 0.480 e. The molecular formula is C14H19F2NO3. The maximum absolute atomic E-state index is 13.9. The first kappa shape index (κ1) is 16.5. The molecule has 6 heteroatoms. The van der Waals surface area contributed by atoms with Crippen LogP contribution in [0, 0.1) is 18.6 Å². The first-order valence-corrected chi connectivity index (χ1v) is 6.27. The number of hydrogen-bond donors (Lipinski definition) is 1. The van der Waals surface area contributed by atoms with Crippen LogP contribution in [-0.4, -0.2) is 42.8 Å². The molecule has 1 unspecified atom stereocenters. The van der Waals surface area contributed by atoms with Gasteiger partial charge in [-0.2, -0.15) is 0 Å². The first-order chi connectivity index (χ1) is 9.36. The van der Waals surface area contributed by atoms with Crippen molar-refractivity contribution < 1.29 is 23.4 Å². The molecule has 0 saturated heterocycles. The molecule has 1 aromatic carbocycles. The van der Waals surface area contributed by atoms with Gasteiger partial charge < -0.3 is 9.84 Å². The lowest BCUT2D eigenvalue weighted by Crippen LogP contribution is -2.35. The van der Waals surface area contributed by atoms with E-state index in [-0.39, 0.29) is 17.7 Å². The van der Waals surface area contributed by atoms with E-state index in [1.807, 2.05) is 0 Å². The number of nitrogens with zero attached hydrogens (tertiary/aromatic N) is 1. The molecule has 0 saturated carbocycles. The topological polar surface area (TPSA) is 49.8 Å². The fourth-order valence-electron chi connectivity index (χ4n) is 1.97. The Morgan fingerprint density at radius 3 is 2.60 bits per heavy atom. The molecule has 0 aliphatic heterocycles. The lowest BCUT2D eigenvalue weighted by Gasteiger charge is -2.28. The van der Waals surface area contributed by atoms with E-state index in [0.717, 1.165) is 12.1 Å². The van der Waals surface area contributed by atoms with Gasteiger partial charge >= 0.3 is 5.97 Å². The van der Waals surface area contributed by atoms with Crippen LogP contribution in [0.3, 0.4) is 0 Å². The zero-order chi connectivity index (χ0) is 15.3. The highest BCUT2D eigenvalue weighted by Gasteiger charge is 2.22. The average Bonchev–Trinajstić information content (AvgIpc) is 2.37. The standard InChI is InChI=1S/C14H19F2NO3/c1-9-6-13(16)11(7-12(9)15)10(2)17(4-5-20-3)8-14(18)19/h6-7,10H,4-5,8H2,1-3H3,(H,18,19). The van der Waals surface area contributed by atoms with Crippen molar-refractivity contribution in [2.24, 2.45) is 0 Å². The molecule has 1 rings (SSSR count). The highest BCUT2D eigenvalue weighted by molar-refractivity contribution is 5.69. The number of carboxylic acid groups (broad SMARTS) is 1. The fraction of sp³-hybridized carbons (Fsp3) is 0.500. The van der Waals surface area contributed by atoms with Gasteiger partial charge in [0, 0.05) is 25.3 Å². The first-order valence-electron chi connectivity index (χ1n) is 6.27. The summed E-state index contributed by atoms with van der Waals surface area (Å²) < 4.78 is 32.4. The van der Waals surface area contributed by atoms with E-state index in [1.54, 1.807) is 6.92 Å². The monoisotopic (exact) mass is 287 g/mol. The number of ether oxygens (including phenoxy) is 1. The summed E-state index contributed by atoms with van der Waals surface area (Å²) in [6, 6.07) is 1.68. The number of carbonyl (C=O) groups is 1. The van der Waals surface area contributed by atoms with Crippen molar-refractivity contribution in [3.05, 3.63) is 34.9 Å². The third kappa shape index (κ3) is 4.25. The maximum Gasteiger partial charge on any atom is 0.317 e. The Hall–Kier alpha value is -1.53. The SMILES string of the molecule is COCCN(CC(=O)O)C(C)c1cc(F)c(C)cc1F. The number of methoxy groups -OCH3 is 1. The lowest BCUT2D eigenvalue weighted by molar-refractivity contribution is -0.139. The average molecular weight is 287 g/mol. The van der Waals surface area contributed by atoms with Gasteiger partial charge in [0.15, 0.2) is 0 Å². The summed E-state index contributed by atoms with van der Waals surface area (Å²) in [7, 11) is 1.50. The summed E-state index contributed by atoms with van der Waals surface area (Å²) in [5.41, 5.74) is 0.366. The minimum atomic E-state index is -1.03. The molecule has 0 bridgehead atoms. The van der Waals surface area contributed by atoms with E-state index >= 15 is 0 Å². The van der Waals surface area contributed by atoms with Gasteiger partial charge in [0.25, 0.3) is 0 Å². The van der Waals surface area contributed by atoms with Crippen LogP contribution >= 0.6 is 0 Å². The van der Waals surface area contributed by atoms with E-state index in [1.165, 1.54) is 18.9 Å². The second-order valence-corrected chi connectivity index (χ2v) is 4.66. The van der Waals surface area contributed by atoms with Crippen molar-refractivity contribution >= 4 is 5.97 Å². The Morgan fingerprint density at radius 1 is 1.40 bits per heavy atom. The Morgan fingerprint density at radius 2 is 2.05 bits per heavy atom. The molecular weight excluding hydrogens is 268 g/mol. The number of benzene rings is 1. The van der Waals surface area contributed by atoms with Crippen LogP contribution in [0.15, 0.2) is 12.1 Å². The van der Waals surface area contributed by atoms with Crippen LogP contribution in [0.25, 0.3) is 0 Å². The maximum atomic E-state index is 13.9. The normalized spacial score (nSPS) is 12.7. The van der Waals surface area contributed by atoms with Gasteiger partial charge in [-0.1, -0.05) is 0 Å². The van der Waals surface area contributed by atoms with E-state index in [2.05, 4.69) is 0 Å². The number of aliphatic carboxylic acids is 1. The van der Waals surface area contributed by atoms with Gasteiger partial charge in [0.1, 0.15) is 11.6 Å². The summed E-state index contributed by atoms with van der Waals surface area (Å²) in [5.74, 6) is -2.07. The quantitative estimate of drug-likeness (QED) is 0.836. The molecule has 4 nitrogen and oxygen atoms in total. The molecule has 0 aromatic heterocycles. The Balaban J connectivity index is 3.01. The van der Waals surface area contributed by atoms with E-state index < -0.39 is 23.6 Å². The van der Waals surface area contributed by atoms with Crippen molar-refractivity contribution in [1.82, 2.24) is 4.90 Å². The highest BCUT2D eigenvalue weighted by Crippen LogP contribution is 2.25. The number of rotatable bonds is 7. The summed E-state index contributed by atoms with van der Waals surface area (Å²) in [5, 5.41) is 8.90. The predicted molar refractivity (Wildman–Crippen MR) is 70.6 cm³/mol. The second kappa shape index (κ2) is 7.31. The van der Waals surface area contributed by atoms with Gasteiger partial charge in [-0.3, -0.25) is 9.69 Å². The van der Waals surface area contributed by atoms with Crippen molar-refractivity contribution in [2.75, 3.05) is 26.8 Å². The van der Waals surface area contributed by atoms with Gasteiger partial charge in [0.2, 0.25) is 0 Å². The third-order valence-electron chi connectivity index (χ3n) is 3.20. The van der Waals surface area contributed by atoms with Crippen molar-refractivity contribution in [3.63, 3.8) is 0 Å². The van der Waals surface area contributed by atoms with Gasteiger partial charge in [-0.15, -0.1) is 0 Å². The van der Waals surface area contributed by atoms with Gasteiger partial charge in [-0.05, 0) is 31.5 Å². The van der Waals surface area contributed by atoms with Crippen molar-refractivity contribution in [3.8, 4) is 0 Å². The van der Waals surface area contributed by atoms with Crippen molar-refractivity contribution in [1.29, 1.82) is 0 Å². The smallest absolute Gasteiger partial charge is 0.317 e. The second-order valence-electron chi connectivity index (χ2n) is 4.66. The molecule has 112 valence electrons. The molecule has 0 amide bonds. The Bertz CT molecular complexity index is 480. The van der Waals surface area contributed by atoms with Crippen LogP contribution in [0.5, 0.6) is 0 Å². The molecule has 20 heavy (non-hydrogen) atoms. The number of carboxylic acids is 1. The molecule has 0 radical (unpaired) electrons. The molecule has 0 aliphatic carbocycles. The number of halogens is 2. The molecule has 1 N–H and O–H groups in total. The zero-order valence-electron chi connectivity index (χ0n) is 11.8. The number of aryl methyl sites for hydroxylation is 1. The van der Waals surface area contributed by atoms with Gasteiger partial charge in [0.05, 0.1) is 13.2 Å². The molecule has 0 heterocycles. The zero-order valence-corrected chi connectivity index (χ0v) is 11.8. The Kier molecular flexibility index (Phi) is 6.04. The lowest BCUT2D eigenvalue weighted by atomic mass is 10.0. The summed E-state index contributed by atoms with van der Waals surface area (Å²) in [6.07, 6.45) is 0. The fourth-order valence-corrected chi connectivity index (χ4v) is 1.97. The molecule has 1 aromatic rings. The number of hydrogen-bond acceptors (Lipinski definition) is 3.